The fourth-order valence-electron chi connectivity index (χ4n) is 0.876. The van der Waals surface area contributed by atoms with E-state index in [0.717, 1.165) is 0 Å². The lowest BCUT2D eigenvalue weighted by atomic mass is 10.3. The van der Waals surface area contributed by atoms with Crippen LogP contribution in [0.4, 0.5) is 0 Å². The van der Waals surface area contributed by atoms with Gasteiger partial charge in [0.15, 0.2) is 6.29 Å². The van der Waals surface area contributed by atoms with Crippen LogP contribution in [0.1, 0.15) is 13.3 Å². The lowest BCUT2D eigenvalue weighted by molar-refractivity contribution is -0.146. The zero-order chi connectivity index (χ0) is 6.69. The van der Waals surface area contributed by atoms with E-state index in [1.165, 1.54) is 0 Å². The largest absolute Gasteiger partial charge is 0.388 e. The first-order valence-corrected chi connectivity index (χ1v) is 3.26. The molecule has 0 aromatic carbocycles. The molecule has 1 aliphatic heterocycles. The van der Waals surface area contributed by atoms with E-state index in [-0.39, 0.29) is 6.29 Å². The number of ether oxygens (including phenoxy) is 2. The van der Waals surface area contributed by atoms with Gasteiger partial charge in [-0.1, -0.05) is 0 Å². The Balaban J connectivity index is 2.22. The van der Waals surface area contributed by atoms with Crippen molar-refractivity contribution in [3.63, 3.8) is 0 Å². The summed E-state index contributed by atoms with van der Waals surface area (Å²) in [5, 5.41) is 9.07. The maximum atomic E-state index is 9.07. The van der Waals surface area contributed by atoms with Gasteiger partial charge in [-0.3, -0.25) is 0 Å². The Bertz CT molecular complexity index is 84.4. The summed E-state index contributed by atoms with van der Waals surface area (Å²) in [5.41, 5.74) is 0. The van der Waals surface area contributed by atoms with Gasteiger partial charge in [0.2, 0.25) is 0 Å². The molecule has 0 aromatic rings. The predicted molar refractivity (Wildman–Crippen MR) is 32.0 cm³/mol. The third kappa shape index (κ3) is 1.64. The van der Waals surface area contributed by atoms with Gasteiger partial charge in [0, 0.05) is 13.0 Å². The van der Waals surface area contributed by atoms with Gasteiger partial charge in [0.05, 0.1) is 6.61 Å². The second-order valence-electron chi connectivity index (χ2n) is 2.05. The number of hydrogen-bond donors (Lipinski definition) is 1. The molecule has 1 saturated heterocycles. The number of hydrogen-bond acceptors (Lipinski definition) is 3. The minimum Gasteiger partial charge on any atom is -0.388 e. The zero-order valence-corrected chi connectivity index (χ0v) is 5.54. The van der Waals surface area contributed by atoms with Crippen LogP contribution in [-0.4, -0.2) is 30.7 Å². The second kappa shape index (κ2) is 3.15. The lowest BCUT2D eigenvalue weighted by Crippen LogP contribution is -2.23. The van der Waals surface area contributed by atoms with Crippen LogP contribution in [0.5, 0.6) is 0 Å². The highest BCUT2D eigenvalue weighted by Crippen LogP contribution is 2.13. The molecule has 0 unspecified atom stereocenters. The van der Waals surface area contributed by atoms with Crippen LogP contribution in [0.15, 0.2) is 0 Å². The van der Waals surface area contributed by atoms with Gasteiger partial charge in [-0.25, -0.2) is 0 Å². The minimum atomic E-state index is -0.412. The Morgan fingerprint density at radius 1 is 1.78 bits per heavy atom. The topological polar surface area (TPSA) is 38.7 Å². The van der Waals surface area contributed by atoms with Gasteiger partial charge in [0.1, 0.15) is 6.10 Å². The Kier molecular flexibility index (Phi) is 2.45. The van der Waals surface area contributed by atoms with Gasteiger partial charge in [-0.2, -0.15) is 0 Å². The summed E-state index contributed by atoms with van der Waals surface area (Å²) in [7, 11) is 0. The van der Waals surface area contributed by atoms with Crippen molar-refractivity contribution in [2.45, 2.75) is 25.7 Å². The van der Waals surface area contributed by atoms with Crippen molar-refractivity contribution in [3.8, 4) is 0 Å². The highest BCUT2D eigenvalue weighted by molar-refractivity contribution is 4.66. The van der Waals surface area contributed by atoms with E-state index in [2.05, 4.69) is 0 Å². The van der Waals surface area contributed by atoms with Crippen molar-refractivity contribution >= 4 is 0 Å². The van der Waals surface area contributed by atoms with Gasteiger partial charge < -0.3 is 14.6 Å². The molecular weight excluding hydrogens is 120 g/mol. The van der Waals surface area contributed by atoms with E-state index in [1.807, 2.05) is 6.92 Å². The van der Waals surface area contributed by atoms with Crippen LogP contribution < -0.4 is 0 Å². The van der Waals surface area contributed by atoms with Crippen LogP contribution >= 0.6 is 0 Å². The molecule has 0 saturated carbocycles. The van der Waals surface area contributed by atoms with Crippen molar-refractivity contribution in [2.24, 2.45) is 0 Å². The van der Waals surface area contributed by atoms with E-state index in [4.69, 9.17) is 14.6 Å². The SMILES string of the molecule is CCO[C@@H]1OCC[C@H]1O. The first-order chi connectivity index (χ1) is 4.34. The first kappa shape index (κ1) is 6.99. The average Bonchev–Trinajstić information content (AvgIpc) is 2.18. The molecule has 1 N–H and O–H groups in total. The average molecular weight is 132 g/mol. The molecule has 0 spiro atoms. The van der Waals surface area contributed by atoms with E-state index >= 15 is 0 Å². The molecule has 0 aliphatic carbocycles. The predicted octanol–water partition coefficient (Wildman–Crippen LogP) is 0.130. The Labute approximate surface area is 54.6 Å². The monoisotopic (exact) mass is 132 g/mol. The Morgan fingerprint density at radius 2 is 2.56 bits per heavy atom. The van der Waals surface area contributed by atoms with Crippen LogP contribution in [0.3, 0.4) is 0 Å². The first-order valence-electron chi connectivity index (χ1n) is 3.26. The normalized spacial score (nSPS) is 35.3. The Hall–Kier alpha value is -0.120. The van der Waals surface area contributed by atoms with E-state index in [9.17, 15) is 0 Å². The second-order valence-corrected chi connectivity index (χ2v) is 2.05. The van der Waals surface area contributed by atoms with Crippen LogP contribution in [0, 0.1) is 0 Å². The molecule has 0 bridgehead atoms. The molecule has 1 rings (SSSR count). The third-order valence-electron chi connectivity index (χ3n) is 1.34. The van der Waals surface area contributed by atoms with Gasteiger partial charge in [0.25, 0.3) is 0 Å². The summed E-state index contributed by atoms with van der Waals surface area (Å²) in [6, 6.07) is 0. The fourth-order valence-corrected chi connectivity index (χ4v) is 0.876. The lowest BCUT2D eigenvalue weighted by Gasteiger charge is -2.12. The van der Waals surface area contributed by atoms with Crippen molar-refractivity contribution in [1.82, 2.24) is 0 Å². The molecule has 54 valence electrons. The van der Waals surface area contributed by atoms with Crippen LogP contribution in [0.2, 0.25) is 0 Å². The molecule has 9 heavy (non-hydrogen) atoms. The molecule has 0 amide bonds. The molecule has 3 nitrogen and oxygen atoms in total. The highest BCUT2D eigenvalue weighted by Gasteiger charge is 2.25. The highest BCUT2D eigenvalue weighted by atomic mass is 16.7. The summed E-state index contributed by atoms with van der Waals surface area (Å²) in [5.74, 6) is 0. The third-order valence-corrected chi connectivity index (χ3v) is 1.34. The van der Waals surface area contributed by atoms with Crippen molar-refractivity contribution in [2.75, 3.05) is 13.2 Å². The summed E-state index contributed by atoms with van der Waals surface area (Å²) in [6.07, 6.45) is -0.0788. The zero-order valence-electron chi connectivity index (χ0n) is 5.54. The van der Waals surface area contributed by atoms with E-state index in [1.54, 1.807) is 0 Å². The summed E-state index contributed by atoms with van der Waals surface area (Å²) >= 11 is 0. The quantitative estimate of drug-likeness (QED) is 0.580. The number of aliphatic hydroxyl groups excluding tert-OH is 1. The Morgan fingerprint density at radius 3 is 3.00 bits per heavy atom. The fraction of sp³-hybridized carbons (Fsp3) is 1.00. The summed E-state index contributed by atoms with van der Waals surface area (Å²) < 4.78 is 10.1. The van der Waals surface area contributed by atoms with Crippen molar-refractivity contribution < 1.29 is 14.6 Å². The van der Waals surface area contributed by atoms with E-state index < -0.39 is 6.10 Å². The van der Waals surface area contributed by atoms with Gasteiger partial charge in [-0.05, 0) is 6.92 Å². The smallest absolute Gasteiger partial charge is 0.183 e. The van der Waals surface area contributed by atoms with E-state index in [0.29, 0.717) is 19.6 Å². The summed E-state index contributed by atoms with van der Waals surface area (Å²) in [4.78, 5) is 0. The molecule has 1 heterocycles. The van der Waals surface area contributed by atoms with Crippen molar-refractivity contribution in [1.29, 1.82) is 0 Å². The van der Waals surface area contributed by atoms with Gasteiger partial charge in [-0.15, -0.1) is 0 Å². The minimum absolute atomic E-state index is 0.366. The summed E-state index contributed by atoms with van der Waals surface area (Å²) in [6.45, 7) is 3.10. The van der Waals surface area contributed by atoms with Crippen molar-refractivity contribution in [3.05, 3.63) is 0 Å². The van der Waals surface area contributed by atoms with Crippen LogP contribution in [0.25, 0.3) is 0 Å². The number of rotatable bonds is 2. The van der Waals surface area contributed by atoms with Gasteiger partial charge >= 0.3 is 0 Å². The number of aliphatic hydroxyl groups is 1. The standard InChI is InChI=1S/C6H12O3/c1-2-8-6-5(7)3-4-9-6/h5-7H,2-4H2,1H3/t5-,6-/m1/s1. The molecule has 3 heteroatoms. The maximum absolute atomic E-state index is 9.07. The molecule has 2 atom stereocenters. The molecule has 1 fully saturated rings. The molecule has 0 radical (unpaired) electrons. The maximum Gasteiger partial charge on any atom is 0.183 e. The molecule has 0 aromatic heterocycles. The van der Waals surface area contributed by atoms with Crippen LogP contribution in [-0.2, 0) is 9.47 Å². The molecule has 1 aliphatic rings. The molecular formula is C6H12O3.